The first kappa shape index (κ1) is 16.3. The average molecular weight is 280 g/mol. The molecule has 1 saturated heterocycles. The maximum Gasteiger partial charge on any atom is 0.00705 e. The van der Waals surface area contributed by atoms with Crippen LogP contribution in [0.25, 0.3) is 0 Å². The van der Waals surface area contributed by atoms with E-state index in [-0.39, 0.29) is 0 Å². The highest BCUT2D eigenvalue weighted by atomic mass is 15.1. The van der Waals surface area contributed by atoms with E-state index >= 15 is 0 Å². The van der Waals surface area contributed by atoms with Gasteiger partial charge in [0.2, 0.25) is 0 Å². The zero-order chi connectivity index (χ0) is 14.4. The van der Waals surface area contributed by atoms with Gasteiger partial charge in [-0.15, -0.1) is 0 Å². The van der Waals surface area contributed by atoms with Gasteiger partial charge in [-0.1, -0.05) is 20.3 Å². The summed E-state index contributed by atoms with van der Waals surface area (Å²) >= 11 is 0. The first-order chi connectivity index (χ1) is 9.72. The van der Waals surface area contributed by atoms with Crippen molar-refractivity contribution in [2.45, 2.75) is 84.2 Å². The van der Waals surface area contributed by atoms with Gasteiger partial charge in [-0.3, -0.25) is 0 Å². The highest BCUT2D eigenvalue weighted by molar-refractivity contribution is 4.84. The molecule has 0 spiro atoms. The normalized spacial score (nSPS) is 31.4. The van der Waals surface area contributed by atoms with Crippen molar-refractivity contribution < 1.29 is 0 Å². The van der Waals surface area contributed by atoms with E-state index in [1.807, 2.05) is 0 Å². The second-order valence-corrected chi connectivity index (χ2v) is 7.26. The smallest absolute Gasteiger partial charge is 0.00705 e. The lowest BCUT2D eigenvalue weighted by atomic mass is 9.83. The minimum atomic E-state index is 0.724. The number of hydrogen-bond donors (Lipinski definition) is 1. The summed E-state index contributed by atoms with van der Waals surface area (Å²) in [6.07, 6.45) is 11.2. The summed E-state index contributed by atoms with van der Waals surface area (Å²) in [6.45, 7) is 11.0. The van der Waals surface area contributed by atoms with Gasteiger partial charge in [-0.2, -0.15) is 0 Å². The van der Waals surface area contributed by atoms with Gasteiger partial charge in [0.1, 0.15) is 0 Å². The second kappa shape index (κ2) is 8.38. The van der Waals surface area contributed by atoms with E-state index in [1.54, 1.807) is 0 Å². The third-order valence-corrected chi connectivity index (χ3v) is 5.80. The number of rotatable bonds is 6. The Kier molecular flexibility index (Phi) is 6.83. The Morgan fingerprint density at radius 1 is 1.00 bits per heavy atom. The van der Waals surface area contributed by atoms with Crippen LogP contribution in [0.15, 0.2) is 0 Å². The monoisotopic (exact) mass is 280 g/mol. The van der Waals surface area contributed by atoms with Gasteiger partial charge in [0, 0.05) is 12.1 Å². The van der Waals surface area contributed by atoms with Gasteiger partial charge in [0.15, 0.2) is 0 Å². The molecule has 118 valence electrons. The molecule has 1 atom stereocenters. The van der Waals surface area contributed by atoms with Crippen LogP contribution in [0, 0.1) is 11.8 Å². The van der Waals surface area contributed by atoms with Gasteiger partial charge in [-0.25, -0.2) is 0 Å². The highest BCUT2D eigenvalue weighted by Crippen LogP contribution is 2.28. The predicted molar refractivity (Wildman–Crippen MR) is 88.1 cm³/mol. The summed E-state index contributed by atoms with van der Waals surface area (Å²) in [5.41, 5.74) is 0. The topological polar surface area (TPSA) is 15.3 Å². The van der Waals surface area contributed by atoms with Crippen molar-refractivity contribution in [2.24, 2.45) is 11.8 Å². The lowest BCUT2D eigenvalue weighted by Crippen LogP contribution is -2.46. The molecule has 2 aliphatic rings. The van der Waals surface area contributed by atoms with Gasteiger partial charge in [-0.05, 0) is 83.3 Å². The number of nitrogens with one attached hydrogen (secondary N) is 1. The summed E-state index contributed by atoms with van der Waals surface area (Å²) in [5, 5.41) is 3.96. The average Bonchev–Trinajstić information content (AvgIpc) is 2.49. The fourth-order valence-electron chi connectivity index (χ4n) is 4.24. The zero-order valence-electron chi connectivity index (χ0n) is 14.0. The summed E-state index contributed by atoms with van der Waals surface area (Å²) < 4.78 is 0. The number of piperidine rings is 1. The van der Waals surface area contributed by atoms with Crippen molar-refractivity contribution in [3.05, 3.63) is 0 Å². The molecule has 0 aromatic heterocycles. The van der Waals surface area contributed by atoms with Crippen LogP contribution in [-0.4, -0.2) is 36.6 Å². The van der Waals surface area contributed by atoms with E-state index in [0.717, 1.165) is 23.9 Å². The van der Waals surface area contributed by atoms with Crippen molar-refractivity contribution >= 4 is 0 Å². The van der Waals surface area contributed by atoms with Crippen LogP contribution in [0.3, 0.4) is 0 Å². The standard InChI is InChI=1S/C18H36N2/c1-4-12-20-13-10-17(11-14-20)15(3)19-18-8-6-16(5-2)7-9-18/h15-19H,4-14H2,1-3H3. The van der Waals surface area contributed by atoms with Crippen molar-refractivity contribution in [3.63, 3.8) is 0 Å². The Morgan fingerprint density at radius 2 is 1.65 bits per heavy atom. The quantitative estimate of drug-likeness (QED) is 0.789. The van der Waals surface area contributed by atoms with Crippen molar-refractivity contribution in [3.8, 4) is 0 Å². The van der Waals surface area contributed by atoms with E-state index in [1.165, 1.54) is 71.0 Å². The molecular weight excluding hydrogens is 244 g/mol. The lowest BCUT2D eigenvalue weighted by molar-refractivity contribution is 0.152. The largest absolute Gasteiger partial charge is 0.311 e. The second-order valence-electron chi connectivity index (χ2n) is 7.26. The molecule has 0 amide bonds. The maximum absolute atomic E-state index is 3.96. The highest BCUT2D eigenvalue weighted by Gasteiger charge is 2.26. The minimum Gasteiger partial charge on any atom is -0.311 e. The SMILES string of the molecule is CCCN1CCC(C(C)NC2CCC(CC)CC2)CC1. The van der Waals surface area contributed by atoms with Crippen LogP contribution >= 0.6 is 0 Å². The summed E-state index contributed by atoms with van der Waals surface area (Å²) in [7, 11) is 0. The molecular formula is C18H36N2. The molecule has 0 aromatic rings. The zero-order valence-corrected chi connectivity index (χ0v) is 14.0. The third-order valence-electron chi connectivity index (χ3n) is 5.80. The van der Waals surface area contributed by atoms with E-state index < -0.39 is 0 Å². The molecule has 0 aromatic carbocycles. The molecule has 2 fully saturated rings. The molecule has 1 aliphatic carbocycles. The van der Waals surface area contributed by atoms with E-state index in [9.17, 15) is 0 Å². The van der Waals surface area contributed by atoms with Crippen LogP contribution in [-0.2, 0) is 0 Å². The minimum absolute atomic E-state index is 0.724. The lowest BCUT2D eigenvalue weighted by Gasteiger charge is -2.38. The molecule has 1 N–H and O–H groups in total. The molecule has 0 radical (unpaired) electrons. The Hall–Kier alpha value is -0.0800. The molecule has 2 rings (SSSR count). The number of nitrogens with zero attached hydrogens (tertiary/aromatic N) is 1. The van der Waals surface area contributed by atoms with Crippen molar-refractivity contribution in [2.75, 3.05) is 19.6 Å². The Morgan fingerprint density at radius 3 is 2.20 bits per heavy atom. The van der Waals surface area contributed by atoms with Crippen LogP contribution in [0.4, 0.5) is 0 Å². The first-order valence-electron chi connectivity index (χ1n) is 9.21. The fraction of sp³-hybridized carbons (Fsp3) is 1.00. The third kappa shape index (κ3) is 4.73. The molecule has 1 saturated carbocycles. The Balaban J connectivity index is 1.66. The van der Waals surface area contributed by atoms with Gasteiger partial charge in [0.05, 0.1) is 0 Å². The summed E-state index contributed by atoms with van der Waals surface area (Å²) in [6, 6.07) is 1.53. The van der Waals surface area contributed by atoms with Crippen molar-refractivity contribution in [1.82, 2.24) is 10.2 Å². The molecule has 2 nitrogen and oxygen atoms in total. The van der Waals surface area contributed by atoms with E-state index in [2.05, 4.69) is 31.0 Å². The summed E-state index contributed by atoms with van der Waals surface area (Å²) in [4.78, 5) is 2.65. The Bertz CT molecular complexity index is 250. The van der Waals surface area contributed by atoms with Crippen LogP contribution < -0.4 is 5.32 Å². The van der Waals surface area contributed by atoms with Crippen LogP contribution in [0.2, 0.25) is 0 Å². The summed E-state index contributed by atoms with van der Waals surface area (Å²) in [5.74, 6) is 1.92. The molecule has 1 aliphatic heterocycles. The first-order valence-corrected chi connectivity index (χ1v) is 9.21. The predicted octanol–water partition coefficient (Wildman–Crippen LogP) is 4.06. The Labute approximate surface area is 126 Å². The molecule has 20 heavy (non-hydrogen) atoms. The van der Waals surface area contributed by atoms with Crippen LogP contribution in [0.5, 0.6) is 0 Å². The molecule has 1 unspecified atom stereocenters. The molecule has 2 heteroatoms. The van der Waals surface area contributed by atoms with E-state index in [4.69, 9.17) is 0 Å². The molecule has 0 bridgehead atoms. The molecule has 1 heterocycles. The van der Waals surface area contributed by atoms with Crippen LogP contribution in [0.1, 0.15) is 72.1 Å². The maximum atomic E-state index is 3.96. The van der Waals surface area contributed by atoms with Gasteiger partial charge >= 0.3 is 0 Å². The number of hydrogen-bond acceptors (Lipinski definition) is 2. The number of likely N-dealkylation sites (tertiary alicyclic amines) is 1. The van der Waals surface area contributed by atoms with Gasteiger partial charge < -0.3 is 10.2 Å². The fourth-order valence-corrected chi connectivity index (χ4v) is 4.24. The van der Waals surface area contributed by atoms with Crippen molar-refractivity contribution in [1.29, 1.82) is 0 Å². The van der Waals surface area contributed by atoms with E-state index in [0.29, 0.717) is 0 Å². The van der Waals surface area contributed by atoms with Gasteiger partial charge in [0.25, 0.3) is 0 Å².